The van der Waals surface area contributed by atoms with Crippen LogP contribution in [0.4, 0.5) is 13.2 Å². The number of fused-ring (bicyclic) bond motifs is 3. The van der Waals surface area contributed by atoms with Crippen molar-refractivity contribution in [1.29, 1.82) is 0 Å². The Morgan fingerprint density at radius 1 is 0.969 bits per heavy atom. The van der Waals surface area contributed by atoms with Gasteiger partial charge < -0.3 is 8.94 Å². The number of benzene rings is 2. The lowest BCUT2D eigenvalue weighted by Gasteiger charge is -2.10. The van der Waals surface area contributed by atoms with E-state index in [1.54, 1.807) is 0 Å². The summed E-state index contributed by atoms with van der Waals surface area (Å²) in [4.78, 5) is 12.7. The summed E-state index contributed by atoms with van der Waals surface area (Å²) < 4.78 is 53.4. The monoisotopic (exact) mass is 499 g/mol. The van der Waals surface area contributed by atoms with Crippen LogP contribution < -0.4 is 5.63 Å². The minimum atomic E-state index is -4.89. The van der Waals surface area contributed by atoms with E-state index in [9.17, 15) is 18.0 Å². The molecule has 6 nitrogen and oxygen atoms in total. The minimum Gasteiger partial charge on any atom is -0.401 e. The molecule has 0 bridgehead atoms. The minimum absolute atomic E-state index is 0.0114. The third-order valence-electron chi connectivity index (χ3n) is 4.67. The highest BCUT2D eigenvalue weighted by molar-refractivity contribution is 6.36. The zero-order chi connectivity index (χ0) is 22.8. The van der Waals surface area contributed by atoms with Crippen molar-refractivity contribution in [3.63, 3.8) is 0 Å². The highest BCUT2D eigenvalue weighted by atomic mass is 35.5. The standard InChI is InChI=1S/C20H7Cl3F3N3O3/c21-8-2-1-3-10(6-8)29-17(20(24,25)26)14-16-13(19(30)31-18(14)27-29)15(28-32-16)11-5-4-9(22)7-12(11)23/h1-7H. The Morgan fingerprint density at radius 3 is 2.41 bits per heavy atom. The third-order valence-corrected chi connectivity index (χ3v) is 5.46. The van der Waals surface area contributed by atoms with Gasteiger partial charge in [-0.05, 0) is 36.4 Å². The first-order valence-electron chi connectivity index (χ1n) is 8.79. The van der Waals surface area contributed by atoms with Crippen molar-refractivity contribution in [1.82, 2.24) is 14.9 Å². The van der Waals surface area contributed by atoms with Gasteiger partial charge in [-0.2, -0.15) is 13.2 Å². The molecule has 0 atom stereocenters. The zero-order valence-electron chi connectivity index (χ0n) is 15.4. The molecule has 0 unspecified atom stereocenters. The van der Waals surface area contributed by atoms with E-state index < -0.39 is 34.2 Å². The van der Waals surface area contributed by atoms with Crippen molar-refractivity contribution in [2.45, 2.75) is 6.18 Å². The van der Waals surface area contributed by atoms with Crippen LogP contribution in [0.2, 0.25) is 15.1 Å². The molecule has 0 aliphatic carbocycles. The molecule has 0 amide bonds. The van der Waals surface area contributed by atoms with Gasteiger partial charge in [0.15, 0.2) is 11.3 Å². The third kappa shape index (κ3) is 3.24. The van der Waals surface area contributed by atoms with E-state index in [0.717, 1.165) is 0 Å². The SMILES string of the molecule is O=c1oc2nn(-c3cccc(Cl)c3)c(C(F)(F)F)c2c2onc(-c3ccc(Cl)cc3Cl)c12. The first-order valence-corrected chi connectivity index (χ1v) is 9.92. The van der Waals surface area contributed by atoms with Crippen molar-refractivity contribution < 1.29 is 22.1 Å². The van der Waals surface area contributed by atoms with Gasteiger partial charge in [0.05, 0.1) is 10.7 Å². The molecule has 12 heteroatoms. The lowest BCUT2D eigenvalue weighted by atomic mass is 10.1. The molecule has 3 heterocycles. The molecule has 0 fully saturated rings. The molecule has 0 aliphatic rings. The van der Waals surface area contributed by atoms with Gasteiger partial charge in [0.1, 0.15) is 16.5 Å². The van der Waals surface area contributed by atoms with Gasteiger partial charge in [0, 0.05) is 15.6 Å². The summed E-state index contributed by atoms with van der Waals surface area (Å²) in [5.74, 6) is 0. The lowest BCUT2D eigenvalue weighted by molar-refractivity contribution is -0.141. The van der Waals surface area contributed by atoms with Crippen LogP contribution in [0.3, 0.4) is 0 Å². The molecular formula is C20H7Cl3F3N3O3. The molecule has 0 N–H and O–H groups in total. The summed E-state index contributed by atoms with van der Waals surface area (Å²) in [6.45, 7) is 0. The molecule has 162 valence electrons. The highest BCUT2D eigenvalue weighted by Gasteiger charge is 2.41. The second-order valence-corrected chi connectivity index (χ2v) is 7.95. The van der Waals surface area contributed by atoms with Crippen LogP contribution >= 0.6 is 34.8 Å². The number of halogens is 6. The van der Waals surface area contributed by atoms with Gasteiger partial charge in [-0.25, -0.2) is 9.48 Å². The maximum atomic E-state index is 14.2. The maximum Gasteiger partial charge on any atom is 0.434 e. The molecule has 5 aromatic rings. The molecule has 5 rings (SSSR count). The first-order chi connectivity index (χ1) is 15.1. The Labute approximate surface area is 190 Å². The molecule has 0 saturated heterocycles. The lowest BCUT2D eigenvalue weighted by Crippen LogP contribution is -2.13. The average Bonchev–Trinajstić information content (AvgIpc) is 3.30. The van der Waals surface area contributed by atoms with Crippen LogP contribution in [-0.4, -0.2) is 14.9 Å². The molecule has 32 heavy (non-hydrogen) atoms. The van der Waals surface area contributed by atoms with Gasteiger partial charge in [-0.3, -0.25) is 0 Å². The fourth-order valence-electron chi connectivity index (χ4n) is 3.38. The van der Waals surface area contributed by atoms with E-state index in [0.29, 0.717) is 9.70 Å². The van der Waals surface area contributed by atoms with E-state index in [1.807, 2.05) is 0 Å². The Balaban J connectivity index is 1.90. The van der Waals surface area contributed by atoms with Crippen LogP contribution in [0.5, 0.6) is 0 Å². The zero-order valence-corrected chi connectivity index (χ0v) is 17.6. The maximum absolute atomic E-state index is 14.2. The molecule has 0 aliphatic heterocycles. The Kier molecular flexibility index (Phi) is 4.74. The van der Waals surface area contributed by atoms with Gasteiger partial charge in [-0.15, -0.1) is 5.10 Å². The molecule has 0 saturated carbocycles. The van der Waals surface area contributed by atoms with Gasteiger partial charge in [-0.1, -0.05) is 46.0 Å². The van der Waals surface area contributed by atoms with Crippen molar-refractivity contribution in [2.24, 2.45) is 0 Å². The number of hydrogen-bond acceptors (Lipinski definition) is 5. The summed E-state index contributed by atoms with van der Waals surface area (Å²) >= 11 is 18.0. The number of hydrogen-bond donors (Lipinski definition) is 0. The normalized spacial score (nSPS) is 12.2. The van der Waals surface area contributed by atoms with E-state index in [-0.39, 0.29) is 32.4 Å². The number of alkyl halides is 3. The second kappa shape index (κ2) is 7.26. The second-order valence-electron chi connectivity index (χ2n) is 6.67. The van der Waals surface area contributed by atoms with Gasteiger partial charge in [0.25, 0.3) is 5.71 Å². The van der Waals surface area contributed by atoms with Gasteiger partial charge >= 0.3 is 11.8 Å². The Hall–Kier alpha value is -3.01. The van der Waals surface area contributed by atoms with Crippen molar-refractivity contribution in [3.05, 3.63) is 73.6 Å². The Bertz CT molecular complexity index is 1590. The fourth-order valence-corrected chi connectivity index (χ4v) is 4.07. The van der Waals surface area contributed by atoms with E-state index in [4.69, 9.17) is 43.7 Å². The molecule has 0 radical (unpaired) electrons. The molecule has 0 spiro atoms. The summed E-state index contributed by atoms with van der Waals surface area (Å²) in [6, 6.07) is 9.98. The number of rotatable bonds is 2. The van der Waals surface area contributed by atoms with E-state index in [1.165, 1.54) is 42.5 Å². The summed E-state index contributed by atoms with van der Waals surface area (Å²) in [6.07, 6.45) is -4.89. The molecule has 2 aromatic carbocycles. The van der Waals surface area contributed by atoms with Crippen molar-refractivity contribution in [3.8, 4) is 16.9 Å². The topological polar surface area (TPSA) is 74.1 Å². The predicted octanol–water partition coefficient (Wildman–Crippen LogP) is 6.77. The van der Waals surface area contributed by atoms with E-state index in [2.05, 4.69) is 10.3 Å². The molecular weight excluding hydrogens is 494 g/mol. The highest BCUT2D eigenvalue weighted by Crippen LogP contribution is 2.41. The largest absolute Gasteiger partial charge is 0.434 e. The summed E-state index contributed by atoms with van der Waals surface area (Å²) in [5, 5.41) is 7.42. The van der Waals surface area contributed by atoms with Crippen LogP contribution in [0.1, 0.15) is 5.69 Å². The summed E-state index contributed by atoms with van der Waals surface area (Å²) in [5.41, 5.74) is -3.04. The van der Waals surface area contributed by atoms with Crippen molar-refractivity contribution in [2.75, 3.05) is 0 Å². The van der Waals surface area contributed by atoms with Crippen LogP contribution in [0.15, 0.2) is 56.2 Å². The molecule has 3 aromatic heterocycles. The fraction of sp³-hybridized carbons (Fsp3) is 0.0500. The van der Waals surface area contributed by atoms with Crippen LogP contribution in [0.25, 0.3) is 39.0 Å². The predicted molar refractivity (Wildman–Crippen MR) is 113 cm³/mol. The van der Waals surface area contributed by atoms with Crippen LogP contribution in [-0.2, 0) is 6.18 Å². The quantitative estimate of drug-likeness (QED) is 0.267. The Morgan fingerprint density at radius 2 is 1.72 bits per heavy atom. The summed E-state index contributed by atoms with van der Waals surface area (Å²) in [7, 11) is 0. The smallest absolute Gasteiger partial charge is 0.401 e. The van der Waals surface area contributed by atoms with Crippen LogP contribution in [0, 0.1) is 0 Å². The first kappa shape index (κ1) is 20.9. The number of aromatic nitrogens is 3. The average molecular weight is 501 g/mol. The number of nitrogens with zero attached hydrogens (tertiary/aromatic N) is 3. The van der Waals surface area contributed by atoms with E-state index >= 15 is 0 Å². The van der Waals surface area contributed by atoms with Gasteiger partial charge in [0.2, 0.25) is 0 Å². The van der Waals surface area contributed by atoms with Crippen molar-refractivity contribution >= 4 is 56.9 Å².